The monoisotopic (exact) mass is 533 g/mol. The molecule has 6 rings (SSSR count). The van der Waals surface area contributed by atoms with Crippen LogP contribution in [0.4, 0.5) is 5.69 Å². The first kappa shape index (κ1) is 26.5. The normalized spacial score (nSPS) is 14.2. The number of aryl methyl sites for hydroxylation is 1. The maximum atomic E-state index is 14.3. The van der Waals surface area contributed by atoms with Gasteiger partial charge in [0.05, 0.1) is 16.6 Å². The Morgan fingerprint density at radius 1 is 0.610 bits per heavy atom. The van der Waals surface area contributed by atoms with Crippen LogP contribution in [0.2, 0.25) is 0 Å². The van der Waals surface area contributed by atoms with Crippen LogP contribution in [0.1, 0.15) is 64.5 Å². The van der Waals surface area contributed by atoms with Crippen molar-refractivity contribution in [3.8, 4) is 0 Å². The fourth-order valence-electron chi connectivity index (χ4n) is 6.53. The summed E-state index contributed by atoms with van der Waals surface area (Å²) in [6.45, 7) is 8.43. The molecule has 0 saturated carbocycles. The molecule has 0 bridgehead atoms. The van der Waals surface area contributed by atoms with E-state index in [2.05, 4.69) is 136 Å². The average molecular weight is 534 g/mol. The van der Waals surface area contributed by atoms with Gasteiger partial charge in [0.25, 0.3) is 5.91 Å². The van der Waals surface area contributed by atoms with Gasteiger partial charge in [-0.15, -0.1) is 0 Å². The molecule has 2 heteroatoms. The van der Waals surface area contributed by atoms with Crippen LogP contribution in [0.25, 0.3) is 5.57 Å². The van der Waals surface area contributed by atoms with E-state index in [0.29, 0.717) is 5.56 Å². The molecule has 0 N–H and O–H groups in total. The molecule has 0 aromatic heterocycles. The highest BCUT2D eigenvalue weighted by Crippen LogP contribution is 2.48. The smallest absolute Gasteiger partial charge is 0.259 e. The van der Waals surface area contributed by atoms with Gasteiger partial charge in [-0.3, -0.25) is 9.69 Å². The Bertz CT molecular complexity index is 1620. The molecule has 2 nitrogen and oxygen atoms in total. The van der Waals surface area contributed by atoms with Gasteiger partial charge in [-0.2, -0.15) is 0 Å². The predicted molar refractivity (Wildman–Crippen MR) is 170 cm³/mol. The van der Waals surface area contributed by atoms with Gasteiger partial charge in [0.2, 0.25) is 0 Å². The highest BCUT2D eigenvalue weighted by molar-refractivity contribution is 6.10. The largest absolute Gasteiger partial charge is 0.299 e. The molecule has 1 amide bonds. The Morgan fingerprint density at radius 3 is 1.59 bits per heavy atom. The van der Waals surface area contributed by atoms with Crippen molar-refractivity contribution in [3.05, 3.63) is 178 Å². The molecule has 41 heavy (non-hydrogen) atoms. The number of benzene rings is 5. The fourth-order valence-corrected chi connectivity index (χ4v) is 6.53. The van der Waals surface area contributed by atoms with Crippen LogP contribution in [-0.4, -0.2) is 11.4 Å². The van der Waals surface area contributed by atoms with Crippen LogP contribution in [0.5, 0.6) is 0 Å². The second kappa shape index (κ2) is 10.4. The highest BCUT2D eigenvalue weighted by Gasteiger charge is 2.41. The molecule has 0 radical (unpaired) electrons. The van der Waals surface area contributed by atoms with E-state index >= 15 is 0 Å². The number of anilines is 1. The van der Waals surface area contributed by atoms with Crippen molar-refractivity contribution >= 4 is 17.2 Å². The van der Waals surface area contributed by atoms with Crippen molar-refractivity contribution in [2.45, 2.75) is 38.6 Å². The molecule has 0 spiro atoms. The van der Waals surface area contributed by atoms with Crippen LogP contribution in [0.15, 0.2) is 140 Å². The molecule has 5 aromatic carbocycles. The Balaban J connectivity index is 1.66. The van der Waals surface area contributed by atoms with E-state index in [4.69, 9.17) is 0 Å². The van der Waals surface area contributed by atoms with E-state index in [-0.39, 0.29) is 5.91 Å². The lowest BCUT2D eigenvalue weighted by Crippen LogP contribution is -2.49. The van der Waals surface area contributed by atoms with Crippen molar-refractivity contribution < 1.29 is 4.79 Å². The summed E-state index contributed by atoms with van der Waals surface area (Å²) in [7, 11) is 0. The first-order valence-corrected chi connectivity index (χ1v) is 14.2. The van der Waals surface area contributed by atoms with E-state index in [0.717, 1.165) is 22.4 Å². The van der Waals surface area contributed by atoms with Crippen LogP contribution >= 0.6 is 0 Å². The Hall–Kier alpha value is -4.69. The minimum absolute atomic E-state index is 0.00174. The average Bonchev–Trinajstić information content (AvgIpc) is 2.99. The Morgan fingerprint density at radius 2 is 1.10 bits per heavy atom. The van der Waals surface area contributed by atoms with E-state index in [1.165, 1.54) is 22.3 Å². The lowest BCUT2D eigenvalue weighted by molar-refractivity contribution is 0.0970. The summed E-state index contributed by atoms with van der Waals surface area (Å²) in [4.78, 5) is 16.2. The van der Waals surface area contributed by atoms with Gasteiger partial charge in [0, 0.05) is 11.1 Å². The van der Waals surface area contributed by atoms with E-state index in [1.54, 1.807) is 0 Å². The number of allylic oxidation sites excluding steroid dienone is 1. The zero-order valence-electron chi connectivity index (χ0n) is 24.1. The highest BCUT2D eigenvalue weighted by atomic mass is 16.2. The van der Waals surface area contributed by atoms with E-state index in [9.17, 15) is 4.79 Å². The molecule has 0 atom stereocenters. The van der Waals surface area contributed by atoms with Gasteiger partial charge in [0.1, 0.15) is 0 Å². The summed E-state index contributed by atoms with van der Waals surface area (Å²) in [6.07, 6.45) is 2.21. The maximum absolute atomic E-state index is 14.3. The number of hydrogen-bond donors (Lipinski definition) is 0. The fraction of sp³-hybridized carbons (Fsp3) is 0.154. The number of rotatable bonds is 5. The third-order valence-corrected chi connectivity index (χ3v) is 8.36. The second-order valence-electron chi connectivity index (χ2n) is 11.6. The SMILES string of the molecule is CC1=CC(C)(C)N(C(=O)c2ccc(C)cc2)c2cc(C(c3ccccc3)(c3ccccc3)c3ccccc3)ccc21. The Kier molecular flexibility index (Phi) is 6.71. The number of fused-ring (bicyclic) bond motifs is 1. The number of nitrogens with zero attached hydrogens (tertiary/aromatic N) is 1. The van der Waals surface area contributed by atoms with Crippen molar-refractivity contribution in [1.29, 1.82) is 0 Å². The lowest BCUT2D eigenvalue weighted by Gasteiger charge is -2.43. The third kappa shape index (κ3) is 4.50. The maximum Gasteiger partial charge on any atom is 0.259 e. The van der Waals surface area contributed by atoms with E-state index < -0.39 is 11.0 Å². The summed E-state index contributed by atoms with van der Waals surface area (Å²) < 4.78 is 0. The molecular formula is C39H35NO. The molecule has 0 unspecified atom stereocenters. The van der Waals surface area contributed by atoms with E-state index in [1.807, 2.05) is 36.1 Å². The first-order valence-electron chi connectivity index (χ1n) is 14.2. The topological polar surface area (TPSA) is 20.3 Å². The number of carbonyl (C=O) groups is 1. The molecule has 0 fully saturated rings. The lowest BCUT2D eigenvalue weighted by atomic mass is 9.64. The Labute approximate surface area is 243 Å². The van der Waals surface area contributed by atoms with Crippen LogP contribution in [0.3, 0.4) is 0 Å². The molecule has 1 aliphatic heterocycles. The van der Waals surface area contributed by atoms with Gasteiger partial charge in [0.15, 0.2) is 0 Å². The van der Waals surface area contributed by atoms with Crippen molar-refractivity contribution in [1.82, 2.24) is 0 Å². The number of hydrogen-bond acceptors (Lipinski definition) is 1. The van der Waals surface area contributed by atoms with Crippen molar-refractivity contribution in [3.63, 3.8) is 0 Å². The van der Waals surface area contributed by atoms with Crippen molar-refractivity contribution in [2.24, 2.45) is 0 Å². The minimum atomic E-state index is -0.587. The zero-order chi connectivity index (χ0) is 28.6. The molecule has 0 aliphatic carbocycles. The van der Waals surface area contributed by atoms with Gasteiger partial charge in [-0.25, -0.2) is 0 Å². The molecule has 1 aliphatic rings. The van der Waals surface area contributed by atoms with Crippen LogP contribution in [0, 0.1) is 6.92 Å². The van der Waals surface area contributed by atoms with Gasteiger partial charge in [-0.05, 0) is 73.7 Å². The zero-order valence-corrected chi connectivity index (χ0v) is 24.1. The third-order valence-electron chi connectivity index (χ3n) is 8.36. The summed E-state index contributed by atoms with van der Waals surface area (Å²) in [6, 6.07) is 46.7. The summed E-state index contributed by atoms with van der Waals surface area (Å²) in [5.74, 6) is 0.00174. The summed E-state index contributed by atoms with van der Waals surface area (Å²) in [5.41, 5.74) is 8.57. The summed E-state index contributed by atoms with van der Waals surface area (Å²) in [5, 5.41) is 0. The summed E-state index contributed by atoms with van der Waals surface area (Å²) >= 11 is 0. The molecular weight excluding hydrogens is 498 g/mol. The molecule has 0 saturated heterocycles. The van der Waals surface area contributed by atoms with Crippen molar-refractivity contribution in [2.75, 3.05) is 4.90 Å². The minimum Gasteiger partial charge on any atom is -0.299 e. The number of amides is 1. The quantitative estimate of drug-likeness (QED) is 0.206. The molecule has 5 aromatic rings. The molecule has 202 valence electrons. The van der Waals surface area contributed by atoms with Gasteiger partial charge >= 0.3 is 0 Å². The predicted octanol–water partition coefficient (Wildman–Crippen LogP) is 9.22. The first-order chi connectivity index (χ1) is 19.8. The van der Waals surface area contributed by atoms with Crippen LogP contribution < -0.4 is 4.90 Å². The van der Waals surface area contributed by atoms with Gasteiger partial charge in [-0.1, -0.05) is 127 Å². The van der Waals surface area contributed by atoms with Crippen LogP contribution in [-0.2, 0) is 5.41 Å². The standard InChI is InChI=1S/C39H35NO/c1-28-20-22-30(23-21-28)37(41)40-36-26-34(24-25-35(36)29(2)27-38(40,3)4)39(31-14-8-5-9-15-31,32-16-10-6-11-17-32)33-18-12-7-13-19-33/h5-27H,1-4H3. The van der Waals surface area contributed by atoms with Gasteiger partial charge < -0.3 is 0 Å². The molecule has 1 heterocycles. The second-order valence-corrected chi connectivity index (χ2v) is 11.6. The number of carbonyl (C=O) groups excluding carboxylic acids is 1.